The zero-order chi connectivity index (χ0) is 30.5. The van der Waals surface area contributed by atoms with Crippen LogP contribution in [0.3, 0.4) is 0 Å². The van der Waals surface area contributed by atoms with Crippen LogP contribution in [0.25, 0.3) is 0 Å². The van der Waals surface area contributed by atoms with Crippen LogP contribution >= 0.6 is 0 Å². The molecule has 15 heteroatoms. The summed E-state index contributed by atoms with van der Waals surface area (Å²) in [6.07, 6.45) is 1.29. The second-order valence-corrected chi connectivity index (χ2v) is 9.81. The molecule has 2 rings (SSSR count). The number of hydrogen-bond acceptors (Lipinski definition) is 8. The van der Waals surface area contributed by atoms with Gasteiger partial charge in [-0.25, -0.2) is 4.79 Å². The molecule has 0 spiro atoms. The number of likely N-dealkylation sites (tertiary alicyclic amines) is 1. The Morgan fingerprint density at radius 2 is 1.66 bits per heavy atom. The smallest absolute Gasteiger partial charge is 0.326 e. The maximum absolute atomic E-state index is 13.4. The molecule has 4 amide bonds. The van der Waals surface area contributed by atoms with Crippen molar-refractivity contribution < 1.29 is 34.2 Å². The van der Waals surface area contributed by atoms with E-state index in [1.807, 2.05) is 0 Å². The van der Waals surface area contributed by atoms with Gasteiger partial charge in [-0.05, 0) is 38.2 Å². The highest BCUT2D eigenvalue weighted by Gasteiger charge is 2.37. The number of aliphatic carboxylic acids is 1. The first kappa shape index (κ1) is 33.0. The van der Waals surface area contributed by atoms with Crippen molar-refractivity contribution in [3.05, 3.63) is 35.9 Å². The summed E-state index contributed by atoms with van der Waals surface area (Å²) in [6, 6.07) is 3.25. The van der Waals surface area contributed by atoms with Crippen LogP contribution in [0.5, 0.6) is 0 Å². The van der Waals surface area contributed by atoms with Gasteiger partial charge in [-0.3, -0.25) is 24.2 Å². The van der Waals surface area contributed by atoms with Crippen LogP contribution in [0, 0.1) is 0 Å². The third-order valence-corrected chi connectivity index (χ3v) is 6.58. The fraction of sp³-hybridized carbons (Fsp3) is 0.538. The molecule has 1 aromatic rings. The molecule has 0 bridgehead atoms. The van der Waals surface area contributed by atoms with E-state index in [1.165, 1.54) is 11.8 Å². The Morgan fingerprint density at radius 1 is 1.02 bits per heavy atom. The first-order chi connectivity index (χ1) is 19.4. The number of hydrogen-bond donors (Lipinski definition) is 8. The molecule has 11 N–H and O–H groups in total. The molecule has 1 aromatic carbocycles. The summed E-state index contributed by atoms with van der Waals surface area (Å²) >= 11 is 0. The normalized spacial score (nSPS) is 17.4. The van der Waals surface area contributed by atoms with E-state index in [0.717, 1.165) is 5.56 Å². The van der Waals surface area contributed by atoms with Crippen molar-refractivity contribution >= 4 is 35.6 Å². The van der Waals surface area contributed by atoms with E-state index in [4.69, 9.17) is 17.2 Å². The van der Waals surface area contributed by atoms with Gasteiger partial charge in [-0.2, -0.15) is 0 Å². The Labute approximate surface area is 237 Å². The lowest BCUT2D eigenvalue weighted by Gasteiger charge is -2.27. The number of nitrogens with two attached hydrogens (primary N) is 3. The molecule has 15 nitrogen and oxygen atoms in total. The molecule has 5 atom stereocenters. The Balaban J connectivity index is 2.20. The zero-order valence-electron chi connectivity index (χ0n) is 23.0. The standard InChI is InChI=1S/C26H40N8O7/c1-15(24(39)34-12-6-10-20(34)25(40)41)31-22(37)18(9-5-11-30-26(28)29)32-23(38)19(33-21(36)17(27)14-35)13-16-7-3-2-4-8-16/h2-4,7-8,15,17-20,35H,5-6,9-14,27H2,1H3,(H,31,37)(H,32,38)(H,33,36)(H,40,41)(H4,28,29,30). The van der Waals surface area contributed by atoms with Crippen molar-refractivity contribution in [2.45, 2.75) is 69.2 Å². The summed E-state index contributed by atoms with van der Waals surface area (Å²) in [7, 11) is 0. The van der Waals surface area contributed by atoms with E-state index in [1.54, 1.807) is 30.3 Å². The predicted octanol–water partition coefficient (Wildman–Crippen LogP) is -2.85. The number of carboxylic acids is 1. The Bertz CT molecular complexity index is 1100. The van der Waals surface area contributed by atoms with Crippen LogP contribution in [0.1, 0.15) is 38.2 Å². The van der Waals surface area contributed by atoms with E-state index in [2.05, 4.69) is 20.9 Å². The summed E-state index contributed by atoms with van der Waals surface area (Å²) in [5.41, 5.74) is 17.1. The number of nitrogens with zero attached hydrogens (tertiary/aromatic N) is 2. The maximum Gasteiger partial charge on any atom is 0.326 e. The quantitative estimate of drug-likeness (QED) is 0.0602. The minimum atomic E-state index is -1.26. The molecule has 226 valence electrons. The molecule has 0 saturated carbocycles. The molecule has 1 saturated heterocycles. The highest BCUT2D eigenvalue weighted by molar-refractivity contribution is 5.95. The second kappa shape index (κ2) is 16.1. The van der Waals surface area contributed by atoms with Crippen molar-refractivity contribution in [1.82, 2.24) is 20.9 Å². The third kappa shape index (κ3) is 10.3. The van der Waals surface area contributed by atoms with E-state index < -0.39 is 66.4 Å². The zero-order valence-corrected chi connectivity index (χ0v) is 23.0. The highest BCUT2D eigenvalue weighted by atomic mass is 16.4. The van der Waals surface area contributed by atoms with Gasteiger partial charge in [0.25, 0.3) is 0 Å². The van der Waals surface area contributed by atoms with Crippen molar-refractivity contribution in [2.24, 2.45) is 22.2 Å². The number of carbonyl (C=O) groups is 5. The molecule has 0 radical (unpaired) electrons. The molecule has 41 heavy (non-hydrogen) atoms. The highest BCUT2D eigenvalue weighted by Crippen LogP contribution is 2.18. The Kier molecular flexibility index (Phi) is 13.0. The summed E-state index contributed by atoms with van der Waals surface area (Å²) in [6.45, 7) is 1.23. The number of aliphatic hydroxyl groups excluding tert-OH is 1. The van der Waals surface area contributed by atoms with E-state index >= 15 is 0 Å². The van der Waals surface area contributed by atoms with E-state index in [0.29, 0.717) is 12.8 Å². The van der Waals surface area contributed by atoms with Gasteiger partial charge in [0.05, 0.1) is 6.61 Å². The first-order valence-corrected chi connectivity index (χ1v) is 13.3. The monoisotopic (exact) mass is 576 g/mol. The van der Waals surface area contributed by atoms with Crippen LogP contribution in [0.15, 0.2) is 35.3 Å². The molecular weight excluding hydrogens is 536 g/mol. The van der Waals surface area contributed by atoms with E-state index in [9.17, 15) is 34.2 Å². The molecular formula is C26H40N8O7. The third-order valence-electron chi connectivity index (χ3n) is 6.58. The summed E-state index contributed by atoms with van der Waals surface area (Å²) in [5.74, 6) is -3.95. The average Bonchev–Trinajstić information content (AvgIpc) is 3.44. The lowest BCUT2D eigenvalue weighted by Crippen LogP contribution is -2.58. The number of carbonyl (C=O) groups excluding carboxylic acids is 4. The number of aliphatic imine (C=N–C) groups is 1. The maximum atomic E-state index is 13.4. The minimum absolute atomic E-state index is 0.0688. The van der Waals surface area contributed by atoms with Gasteiger partial charge in [-0.15, -0.1) is 0 Å². The molecule has 5 unspecified atom stereocenters. The van der Waals surface area contributed by atoms with Crippen molar-refractivity contribution in [2.75, 3.05) is 19.7 Å². The number of aliphatic hydroxyl groups is 1. The van der Waals surface area contributed by atoms with Crippen LogP contribution < -0.4 is 33.2 Å². The van der Waals surface area contributed by atoms with Gasteiger partial charge in [0.15, 0.2) is 5.96 Å². The van der Waals surface area contributed by atoms with Crippen molar-refractivity contribution in [1.29, 1.82) is 0 Å². The number of nitrogens with one attached hydrogen (secondary N) is 3. The van der Waals surface area contributed by atoms with Gasteiger partial charge in [-0.1, -0.05) is 30.3 Å². The van der Waals surface area contributed by atoms with E-state index in [-0.39, 0.29) is 38.3 Å². The van der Waals surface area contributed by atoms with Crippen LogP contribution in [-0.4, -0.2) is 101 Å². The summed E-state index contributed by atoms with van der Waals surface area (Å²) in [4.78, 5) is 68.6. The molecule has 1 aliphatic heterocycles. The van der Waals surface area contributed by atoms with Gasteiger partial charge in [0.2, 0.25) is 23.6 Å². The Morgan fingerprint density at radius 3 is 2.27 bits per heavy atom. The predicted molar refractivity (Wildman–Crippen MR) is 149 cm³/mol. The summed E-state index contributed by atoms with van der Waals surface area (Å²) in [5, 5.41) is 26.4. The van der Waals surface area contributed by atoms with Crippen LogP contribution in [-0.2, 0) is 30.4 Å². The number of amides is 4. The second-order valence-electron chi connectivity index (χ2n) is 9.81. The molecule has 1 aliphatic rings. The van der Waals surface area contributed by atoms with Gasteiger partial charge < -0.3 is 48.3 Å². The topological polar surface area (TPSA) is 256 Å². The number of carboxylic acid groups (broad SMARTS) is 1. The largest absolute Gasteiger partial charge is 0.480 e. The van der Waals surface area contributed by atoms with Crippen LogP contribution in [0.2, 0.25) is 0 Å². The van der Waals surface area contributed by atoms with Gasteiger partial charge in [0, 0.05) is 19.5 Å². The molecule has 1 fully saturated rings. The van der Waals surface area contributed by atoms with Crippen LogP contribution in [0.4, 0.5) is 0 Å². The Hall–Kier alpha value is -4.24. The lowest BCUT2D eigenvalue weighted by atomic mass is 10.0. The summed E-state index contributed by atoms with van der Waals surface area (Å²) < 4.78 is 0. The fourth-order valence-electron chi connectivity index (χ4n) is 4.38. The lowest BCUT2D eigenvalue weighted by molar-refractivity contribution is -0.149. The fourth-order valence-corrected chi connectivity index (χ4v) is 4.38. The minimum Gasteiger partial charge on any atom is -0.480 e. The SMILES string of the molecule is CC(NC(=O)C(CCCN=C(N)N)NC(=O)C(Cc1ccccc1)NC(=O)C(N)CO)C(=O)N1CCCC1C(=O)O. The first-order valence-electron chi connectivity index (χ1n) is 13.3. The molecule has 0 aromatic heterocycles. The van der Waals surface area contributed by atoms with Crippen molar-refractivity contribution in [3.8, 4) is 0 Å². The number of rotatable bonds is 15. The molecule has 0 aliphatic carbocycles. The number of guanidine groups is 1. The average molecular weight is 577 g/mol. The van der Waals surface area contributed by atoms with Crippen molar-refractivity contribution in [3.63, 3.8) is 0 Å². The van der Waals surface area contributed by atoms with Gasteiger partial charge in [0.1, 0.15) is 30.2 Å². The number of benzene rings is 1. The van der Waals surface area contributed by atoms with Gasteiger partial charge >= 0.3 is 5.97 Å². The molecule has 1 heterocycles.